The van der Waals surface area contributed by atoms with Gasteiger partial charge in [0.25, 0.3) is 0 Å². The highest BCUT2D eigenvalue weighted by Crippen LogP contribution is 2.31. The van der Waals surface area contributed by atoms with Crippen molar-refractivity contribution in [3.63, 3.8) is 0 Å². The van der Waals surface area contributed by atoms with Crippen molar-refractivity contribution in [1.29, 1.82) is 0 Å². The van der Waals surface area contributed by atoms with Crippen LogP contribution in [0.4, 0.5) is 5.69 Å². The number of hydrogen-bond donors (Lipinski definition) is 0. The maximum Gasteiger partial charge on any atom is 0.250 e. The summed E-state index contributed by atoms with van der Waals surface area (Å²) in [5, 5.41) is 0.719. The molecule has 2 aliphatic heterocycles. The lowest BCUT2D eigenvalue weighted by Gasteiger charge is -2.40. The molecule has 140 valence electrons. The third-order valence-corrected chi connectivity index (χ3v) is 5.74. The number of carbonyl (C=O) groups excluding carboxylic acids is 2. The van der Waals surface area contributed by atoms with E-state index in [-0.39, 0.29) is 11.8 Å². The van der Waals surface area contributed by atoms with Gasteiger partial charge < -0.3 is 14.7 Å². The number of fused-ring (bicyclic) bond motifs is 1. The second kappa shape index (κ2) is 7.24. The van der Waals surface area contributed by atoms with Gasteiger partial charge in [-0.25, -0.2) is 0 Å². The Bertz CT molecular complexity index is 860. The number of nitrogens with zero attached hydrogens (tertiary/aromatic N) is 3. The van der Waals surface area contributed by atoms with E-state index in [0.29, 0.717) is 19.5 Å². The summed E-state index contributed by atoms with van der Waals surface area (Å²) in [4.78, 5) is 31.3. The van der Waals surface area contributed by atoms with Crippen LogP contribution in [-0.4, -0.2) is 54.8 Å². The van der Waals surface area contributed by atoms with Crippen LogP contribution in [0.5, 0.6) is 0 Å². The minimum absolute atomic E-state index is 0.00755. The predicted octanol–water partition coefficient (Wildman–Crippen LogP) is 2.74. The normalized spacial score (nSPS) is 19.9. The SMILES string of the molecule is CN1C(=O)Cc2ccccc2[C@@H]1C(=O)N1CCN(c2ccc(Cl)cc2)CC1. The molecule has 1 atom stereocenters. The van der Waals surface area contributed by atoms with Crippen molar-refractivity contribution in [2.45, 2.75) is 12.5 Å². The van der Waals surface area contributed by atoms with Crippen molar-refractivity contribution in [1.82, 2.24) is 9.80 Å². The molecule has 0 aliphatic carbocycles. The quantitative estimate of drug-likeness (QED) is 0.801. The molecule has 0 N–H and O–H groups in total. The standard InChI is InChI=1S/C21H22ClN3O2/c1-23-19(26)14-15-4-2-3-5-18(15)20(23)21(27)25-12-10-24(11-13-25)17-8-6-16(22)7-9-17/h2-9,20H,10-14H2,1H3/t20-/m1/s1. The minimum Gasteiger partial charge on any atom is -0.368 e. The Morgan fingerprint density at radius 3 is 2.37 bits per heavy atom. The van der Waals surface area contributed by atoms with E-state index >= 15 is 0 Å². The van der Waals surface area contributed by atoms with E-state index in [9.17, 15) is 9.59 Å². The lowest BCUT2D eigenvalue weighted by Crippen LogP contribution is -2.53. The number of anilines is 1. The lowest BCUT2D eigenvalue weighted by molar-refractivity contribution is -0.145. The molecule has 27 heavy (non-hydrogen) atoms. The maximum atomic E-state index is 13.3. The van der Waals surface area contributed by atoms with Gasteiger partial charge in [-0.05, 0) is 35.4 Å². The van der Waals surface area contributed by atoms with Gasteiger partial charge in [-0.3, -0.25) is 9.59 Å². The Hall–Kier alpha value is -2.53. The molecule has 2 heterocycles. The first-order valence-electron chi connectivity index (χ1n) is 9.17. The maximum absolute atomic E-state index is 13.3. The van der Waals surface area contributed by atoms with Crippen LogP contribution in [0.25, 0.3) is 0 Å². The number of amides is 2. The Morgan fingerprint density at radius 1 is 1.00 bits per heavy atom. The Morgan fingerprint density at radius 2 is 1.67 bits per heavy atom. The topological polar surface area (TPSA) is 43.9 Å². The molecular formula is C21H22ClN3O2. The molecule has 0 saturated carbocycles. The van der Waals surface area contributed by atoms with Gasteiger partial charge in [0.1, 0.15) is 6.04 Å². The zero-order valence-electron chi connectivity index (χ0n) is 15.3. The summed E-state index contributed by atoms with van der Waals surface area (Å²) in [5.41, 5.74) is 3.02. The van der Waals surface area contributed by atoms with Gasteiger partial charge in [-0.1, -0.05) is 35.9 Å². The minimum atomic E-state index is -0.524. The summed E-state index contributed by atoms with van der Waals surface area (Å²) in [7, 11) is 1.73. The molecule has 0 aromatic heterocycles. The van der Waals surface area contributed by atoms with E-state index in [0.717, 1.165) is 34.9 Å². The zero-order valence-corrected chi connectivity index (χ0v) is 16.0. The molecule has 2 aliphatic rings. The molecule has 0 radical (unpaired) electrons. The highest BCUT2D eigenvalue weighted by Gasteiger charge is 2.37. The van der Waals surface area contributed by atoms with Crippen molar-refractivity contribution in [2.24, 2.45) is 0 Å². The van der Waals surface area contributed by atoms with Crippen LogP contribution in [0.3, 0.4) is 0 Å². The van der Waals surface area contributed by atoms with E-state index in [4.69, 9.17) is 11.6 Å². The molecule has 1 fully saturated rings. The third kappa shape index (κ3) is 3.39. The summed E-state index contributed by atoms with van der Waals surface area (Å²) >= 11 is 5.96. The van der Waals surface area contributed by atoms with Gasteiger partial charge in [-0.15, -0.1) is 0 Å². The monoisotopic (exact) mass is 383 g/mol. The van der Waals surface area contributed by atoms with E-state index in [1.807, 2.05) is 53.4 Å². The fourth-order valence-corrected chi connectivity index (χ4v) is 4.04. The van der Waals surface area contributed by atoms with Crippen LogP contribution in [0.15, 0.2) is 48.5 Å². The first-order valence-corrected chi connectivity index (χ1v) is 9.55. The van der Waals surface area contributed by atoms with E-state index < -0.39 is 6.04 Å². The highest BCUT2D eigenvalue weighted by atomic mass is 35.5. The fraction of sp³-hybridized carbons (Fsp3) is 0.333. The Labute approximate surface area is 164 Å². The molecule has 1 saturated heterocycles. The van der Waals surface area contributed by atoms with Crippen molar-refractivity contribution in [3.8, 4) is 0 Å². The van der Waals surface area contributed by atoms with E-state index in [2.05, 4.69) is 4.90 Å². The number of hydrogen-bond acceptors (Lipinski definition) is 3. The van der Waals surface area contributed by atoms with E-state index in [1.165, 1.54) is 0 Å². The number of carbonyl (C=O) groups is 2. The van der Waals surface area contributed by atoms with Crippen LogP contribution in [0, 0.1) is 0 Å². The molecule has 5 nitrogen and oxygen atoms in total. The average molecular weight is 384 g/mol. The summed E-state index contributed by atoms with van der Waals surface area (Å²) in [6.07, 6.45) is 0.362. The number of likely N-dealkylation sites (N-methyl/N-ethyl adjacent to an activating group) is 1. The molecule has 0 bridgehead atoms. The van der Waals surface area contributed by atoms with Gasteiger partial charge in [0.15, 0.2) is 0 Å². The summed E-state index contributed by atoms with van der Waals surface area (Å²) in [6, 6.07) is 15.0. The van der Waals surface area contributed by atoms with Crippen molar-refractivity contribution in [2.75, 3.05) is 38.1 Å². The summed E-state index contributed by atoms with van der Waals surface area (Å²) < 4.78 is 0. The molecule has 2 aromatic carbocycles. The predicted molar refractivity (Wildman–Crippen MR) is 106 cm³/mol. The fourth-order valence-electron chi connectivity index (χ4n) is 3.91. The number of rotatable bonds is 2. The second-order valence-corrected chi connectivity index (χ2v) is 7.51. The second-order valence-electron chi connectivity index (χ2n) is 7.07. The average Bonchev–Trinajstić information content (AvgIpc) is 2.69. The van der Waals surface area contributed by atoms with Crippen LogP contribution in [0.2, 0.25) is 5.02 Å². The van der Waals surface area contributed by atoms with Crippen molar-refractivity contribution >= 4 is 29.1 Å². The zero-order chi connectivity index (χ0) is 19.0. The number of halogens is 1. The molecule has 2 aromatic rings. The number of piperazine rings is 1. The van der Waals surface area contributed by atoms with Gasteiger partial charge in [0.2, 0.25) is 11.8 Å². The van der Waals surface area contributed by atoms with Crippen molar-refractivity contribution < 1.29 is 9.59 Å². The number of benzene rings is 2. The molecular weight excluding hydrogens is 362 g/mol. The largest absolute Gasteiger partial charge is 0.368 e. The van der Waals surface area contributed by atoms with E-state index in [1.54, 1.807) is 11.9 Å². The smallest absolute Gasteiger partial charge is 0.250 e. The van der Waals surface area contributed by atoms with Crippen LogP contribution >= 0.6 is 11.6 Å². The summed E-state index contributed by atoms with van der Waals surface area (Å²) in [6.45, 7) is 2.81. The summed E-state index contributed by atoms with van der Waals surface area (Å²) in [5.74, 6) is 0.000561. The third-order valence-electron chi connectivity index (χ3n) is 5.49. The van der Waals surface area contributed by atoms with Crippen LogP contribution < -0.4 is 4.90 Å². The van der Waals surface area contributed by atoms with Gasteiger partial charge >= 0.3 is 0 Å². The van der Waals surface area contributed by atoms with Gasteiger partial charge in [0.05, 0.1) is 6.42 Å². The van der Waals surface area contributed by atoms with Crippen LogP contribution in [-0.2, 0) is 16.0 Å². The highest BCUT2D eigenvalue weighted by molar-refractivity contribution is 6.30. The first-order chi connectivity index (χ1) is 13.0. The molecule has 4 rings (SSSR count). The Balaban J connectivity index is 1.49. The van der Waals surface area contributed by atoms with Crippen molar-refractivity contribution in [3.05, 3.63) is 64.7 Å². The van der Waals surface area contributed by atoms with Gasteiger partial charge in [-0.2, -0.15) is 0 Å². The van der Waals surface area contributed by atoms with Gasteiger partial charge in [0, 0.05) is 43.9 Å². The lowest BCUT2D eigenvalue weighted by atomic mass is 9.91. The molecule has 0 spiro atoms. The Kier molecular flexibility index (Phi) is 4.79. The molecule has 0 unspecified atom stereocenters. The molecule has 2 amide bonds. The van der Waals surface area contributed by atoms with Crippen LogP contribution in [0.1, 0.15) is 17.2 Å². The molecule has 6 heteroatoms. The first kappa shape index (κ1) is 17.9.